The van der Waals surface area contributed by atoms with Gasteiger partial charge in [0.05, 0.1) is 12.3 Å². The molecule has 16 heteroatoms. The van der Waals surface area contributed by atoms with Crippen LogP contribution in [0.15, 0.2) is 48.8 Å². The van der Waals surface area contributed by atoms with Crippen LogP contribution in [0, 0.1) is 17.2 Å². The molecular weight excluding hydrogens is 586 g/mol. The number of aliphatic hydroxyl groups excluding tert-OH is 2. The zero-order valence-corrected chi connectivity index (χ0v) is 24.7. The standard InChI is InChI=1S/C27H34FN6O8P/c1-4-18(5-2)13-39-25(37)17(3)33-43(38,41-19-9-7-6-8-10-19)40-15-27(28)23(36)22(35)26(14-29,42-27)21-12-11-20-24(30)31-16-32-34(20)21/h6-12,16-18,22-23,35-36H,4-5,13,15H2,1-3H3,(H,33,38)(H2,30,31,32)/t17-,22+,23-,26-,27+,43?/m0/s1. The highest BCUT2D eigenvalue weighted by Gasteiger charge is 2.66. The van der Waals surface area contributed by atoms with Crippen molar-refractivity contribution in [1.29, 1.82) is 5.26 Å². The highest BCUT2D eigenvalue weighted by molar-refractivity contribution is 7.52. The van der Waals surface area contributed by atoms with Gasteiger partial charge in [0.2, 0.25) is 5.60 Å². The van der Waals surface area contributed by atoms with Gasteiger partial charge in [0.25, 0.3) is 5.85 Å². The lowest BCUT2D eigenvalue weighted by atomic mass is 9.92. The summed E-state index contributed by atoms with van der Waals surface area (Å²) in [6.45, 7) is 4.15. The largest absolute Gasteiger partial charge is 0.464 e. The van der Waals surface area contributed by atoms with E-state index in [4.69, 9.17) is 24.3 Å². The first-order valence-corrected chi connectivity index (χ1v) is 15.1. The molecule has 4 rings (SSSR count). The van der Waals surface area contributed by atoms with Crippen LogP contribution in [-0.4, -0.2) is 68.1 Å². The minimum atomic E-state index is -4.60. The molecule has 1 saturated heterocycles. The van der Waals surface area contributed by atoms with Gasteiger partial charge in [0, 0.05) is 0 Å². The summed E-state index contributed by atoms with van der Waals surface area (Å²) in [6.07, 6.45) is -1.84. The number of nitriles is 1. The van der Waals surface area contributed by atoms with Crippen molar-refractivity contribution in [2.24, 2.45) is 5.92 Å². The molecular formula is C27H34FN6O8P. The van der Waals surface area contributed by atoms with Crippen LogP contribution in [0.2, 0.25) is 0 Å². The molecule has 1 aromatic carbocycles. The Morgan fingerprint density at radius 3 is 2.60 bits per heavy atom. The quantitative estimate of drug-likeness (QED) is 0.160. The van der Waals surface area contributed by atoms with Crippen LogP contribution in [0.1, 0.15) is 39.3 Å². The number of anilines is 1. The molecule has 0 radical (unpaired) electrons. The van der Waals surface area contributed by atoms with E-state index in [0.29, 0.717) is 0 Å². The Bertz CT molecular complexity index is 1520. The van der Waals surface area contributed by atoms with Gasteiger partial charge in [0.15, 0.2) is 5.82 Å². The highest BCUT2D eigenvalue weighted by Crippen LogP contribution is 2.50. The van der Waals surface area contributed by atoms with E-state index in [1.807, 2.05) is 13.8 Å². The van der Waals surface area contributed by atoms with Gasteiger partial charge in [-0.25, -0.2) is 18.5 Å². The molecule has 1 aliphatic rings. The molecule has 1 aliphatic heterocycles. The summed E-state index contributed by atoms with van der Waals surface area (Å²) >= 11 is 0. The molecule has 232 valence electrons. The van der Waals surface area contributed by atoms with Crippen molar-refractivity contribution >= 4 is 25.1 Å². The Kier molecular flexibility index (Phi) is 9.70. The summed E-state index contributed by atoms with van der Waals surface area (Å²) in [7, 11) is -4.60. The number of aromatic nitrogens is 3. The number of nitrogens with one attached hydrogen (secondary N) is 1. The number of esters is 1. The van der Waals surface area contributed by atoms with Crippen molar-refractivity contribution in [3.63, 3.8) is 0 Å². The number of aliphatic hydroxyl groups is 2. The number of rotatable bonds is 13. The number of fused-ring (bicyclic) bond motifs is 1. The molecule has 0 aliphatic carbocycles. The van der Waals surface area contributed by atoms with Crippen molar-refractivity contribution in [1.82, 2.24) is 19.7 Å². The van der Waals surface area contributed by atoms with Crippen molar-refractivity contribution in [3.05, 3.63) is 54.5 Å². The summed E-state index contributed by atoms with van der Waals surface area (Å²) in [5.74, 6) is -3.80. The fourth-order valence-corrected chi connectivity index (χ4v) is 6.07. The van der Waals surface area contributed by atoms with Gasteiger partial charge in [0.1, 0.15) is 48.5 Å². The van der Waals surface area contributed by atoms with Crippen molar-refractivity contribution in [2.45, 2.75) is 63.3 Å². The van der Waals surface area contributed by atoms with Gasteiger partial charge >= 0.3 is 13.7 Å². The van der Waals surface area contributed by atoms with Crippen LogP contribution in [0.25, 0.3) is 5.52 Å². The zero-order chi connectivity index (χ0) is 31.4. The van der Waals surface area contributed by atoms with E-state index in [9.17, 15) is 24.8 Å². The molecule has 0 amide bonds. The average molecular weight is 621 g/mol. The predicted octanol–water partition coefficient (Wildman–Crippen LogP) is 2.61. The second kappa shape index (κ2) is 12.9. The molecule has 3 aromatic rings. The minimum Gasteiger partial charge on any atom is -0.464 e. The molecule has 0 spiro atoms. The molecule has 0 saturated carbocycles. The third-order valence-corrected chi connectivity index (χ3v) is 8.86. The van der Waals surface area contributed by atoms with Crippen LogP contribution < -0.4 is 15.3 Å². The lowest BCUT2D eigenvalue weighted by molar-refractivity contribution is -0.208. The van der Waals surface area contributed by atoms with Crippen molar-refractivity contribution < 1.29 is 42.5 Å². The maximum atomic E-state index is 16.3. The summed E-state index contributed by atoms with van der Waals surface area (Å²) in [6, 6.07) is 11.0. The lowest BCUT2D eigenvalue weighted by Gasteiger charge is -2.28. The van der Waals surface area contributed by atoms with Crippen LogP contribution in [0.5, 0.6) is 5.75 Å². The first kappa shape index (κ1) is 32.3. The topological polar surface area (TPSA) is 204 Å². The maximum Gasteiger partial charge on any atom is 0.459 e. The number of nitrogen functional groups attached to an aromatic ring is 1. The van der Waals surface area contributed by atoms with Crippen LogP contribution in [0.3, 0.4) is 0 Å². The van der Waals surface area contributed by atoms with Gasteiger partial charge in [-0.15, -0.1) is 0 Å². The lowest BCUT2D eigenvalue weighted by Crippen LogP contribution is -2.44. The Morgan fingerprint density at radius 2 is 1.95 bits per heavy atom. The first-order chi connectivity index (χ1) is 20.4. The normalized spacial score (nSPS) is 25.7. The van der Waals surface area contributed by atoms with E-state index in [-0.39, 0.29) is 35.3 Å². The Morgan fingerprint density at radius 1 is 1.26 bits per heavy atom. The summed E-state index contributed by atoms with van der Waals surface area (Å²) in [5, 5.41) is 38.2. The van der Waals surface area contributed by atoms with Gasteiger partial charge < -0.3 is 29.9 Å². The summed E-state index contributed by atoms with van der Waals surface area (Å²) in [4.78, 5) is 16.5. The minimum absolute atomic E-state index is 0.0369. The number of nitrogens with zero attached hydrogens (tertiary/aromatic N) is 4. The number of para-hydroxylation sites is 1. The number of hydrogen-bond donors (Lipinski definition) is 4. The van der Waals surface area contributed by atoms with Crippen molar-refractivity contribution in [2.75, 3.05) is 18.9 Å². The van der Waals surface area contributed by atoms with Gasteiger partial charge in [-0.1, -0.05) is 44.9 Å². The first-order valence-electron chi connectivity index (χ1n) is 13.6. The third kappa shape index (κ3) is 6.50. The molecule has 2 aromatic heterocycles. The van der Waals surface area contributed by atoms with Crippen LogP contribution >= 0.6 is 7.75 Å². The molecule has 43 heavy (non-hydrogen) atoms. The van der Waals surface area contributed by atoms with E-state index in [2.05, 4.69) is 15.2 Å². The molecule has 14 nitrogen and oxygen atoms in total. The highest BCUT2D eigenvalue weighted by atomic mass is 31.2. The number of halogens is 1. The SMILES string of the molecule is CCC(CC)COC(=O)[C@H](C)NP(=O)(OC[C@@]1(F)O[C@@](C#N)(c2ccc3c(N)ncnn23)[C@H](O)[C@@H]1O)Oc1ccccc1. The predicted molar refractivity (Wildman–Crippen MR) is 150 cm³/mol. The Labute approximate surface area is 247 Å². The van der Waals surface area contributed by atoms with Crippen molar-refractivity contribution in [3.8, 4) is 11.8 Å². The number of benzene rings is 1. The average Bonchev–Trinajstić information content (AvgIpc) is 3.52. The van der Waals surface area contributed by atoms with Gasteiger partial charge in [-0.3, -0.25) is 9.32 Å². The number of hydrogen-bond acceptors (Lipinski definition) is 12. The van der Waals surface area contributed by atoms with Gasteiger partial charge in [-0.2, -0.15) is 15.4 Å². The number of ether oxygens (including phenoxy) is 2. The molecule has 1 unspecified atom stereocenters. The Hall–Kier alpha value is -3.64. The fraction of sp³-hybridized carbons (Fsp3) is 0.481. The summed E-state index contributed by atoms with van der Waals surface area (Å²) < 4.78 is 52.9. The van der Waals surface area contributed by atoms with E-state index >= 15 is 4.39 Å². The molecule has 5 N–H and O–H groups in total. The van der Waals surface area contributed by atoms with E-state index in [0.717, 1.165) is 23.7 Å². The molecule has 1 fully saturated rings. The van der Waals surface area contributed by atoms with Crippen LogP contribution in [-0.2, 0) is 29.0 Å². The fourth-order valence-electron chi connectivity index (χ4n) is 4.57. The maximum absolute atomic E-state index is 16.3. The second-order valence-corrected chi connectivity index (χ2v) is 11.8. The number of carbonyl (C=O) groups excluding carboxylic acids is 1. The molecule has 3 heterocycles. The Balaban J connectivity index is 1.58. The van der Waals surface area contributed by atoms with Gasteiger partial charge in [-0.05, 0) is 37.1 Å². The monoisotopic (exact) mass is 620 g/mol. The number of carbonyl (C=O) groups is 1. The number of alkyl halides is 1. The smallest absolute Gasteiger partial charge is 0.459 e. The molecule has 6 atom stereocenters. The van der Waals surface area contributed by atoms with E-state index in [1.165, 1.54) is 31.2 Å². The summed E-state index contributed by atoms with van der Waals surface area (Å²) in [5.41, 5.74) is 3.44. The van der Waals surface area contributed by atoms with E-state index < -0.39 is 50.0 Å². The van der Waals surface area contributed by atoms with E-state index in [1.54, 1.807) is 24.3 Å². The van der Waals surface area contributed by atoms with Crippen LogP contribution in [0.4, 0.5) is 10.2 Å². The number of nitrogens with two attached hydrogens (primary N) is 1. The zero-order valence-electron chi connectivity index (χ0n) is 23.8. The third-order valence-electron chi connectivity index (χ3n) is 7.24. The molecule has 0 bridgehead atoms. The second-order valence-electron chi connectivity index (χ2n) is 10.1.